The maximum Gasteiger partial charge on any atom is 0.328 e. The van der Waals surface area contributed by atoms with Gasteiger partial charge < -0.3 is 14.4 Å². The van der Waals surface area contributed by atoms with Crippen LogP contribution in [0.15, 0.2) is 36.7 Å². The van der Waals surface area contributed by atoms with Crippen LogP contribution in [0.2, 0.25) is 5.02 Å². The summed E-state index contributed by atoms with van der Waals surface area (Å²) in [5.41, 5.74) is 2.07. The largest absolute Gasteiger partial charge is 0.369 e. The minimum Gasteiger partial charge on any atom is -0.369 e. The van der Waals surface area contributed by atoms with Gasteiger partial charge in [-0.05, 0) is 61.4 Å². The molecule has 7 rings (SSSR count). The molecule has 8 nitrogen and oxygen atoms in total. The van der Waals surface area contributed by atoms with E-state index in [4.69, 9.17) is 16.6 Å². The lowest BCUT2D eigenvalue weighted by molar-refractivity contribution is -0.120. The SMILES string of the molecule is O=C1CCN(c2cnc3c(c2)c(C2CC2)cn3C2CCN(CC3(F)CCN(c4cc(Cl)ccc4F)CC3)CC2)C(=O)N1. The van der Waals surface area contributed by atoms with Gasteiger partial charge in [-0.15, -0.1) is 0 Å². The number of imide groups is 1. The highest BCUT2D eigenvalue weighted by molar-refractivity contribution is 6.30. The van der Waals surface area contributed by atoms with Crippen LogP contribution < -0.4 is 15.1 Å². The van der Waals surface area contributed by atoms with Gasteiger partial charge in [0.2, 0.25) is 5.91 Å². The Labute approximate surface area is 248 Å². The highest BCUT2D eigenvalue weighted by Gasteiger charge is 2.38. The van der Waals surface area contributed by atoms with Crippen molar-refractivity contribution in [2.45, 2.75) is 62.6 Å². The van der Waals surface area contributed by atoms with Crippen LogP contribution in [0.4, 0.5) is 25.0 Å². The van der Waals surface area contributed by atoms with Gasteiger partial charge in [0.05, 0.1) is 17.6 Å². The Balaban J connectivity index is 1.01. The quantitative estimate of drug-likeness (QED) is 0.389. The summed E-state index contributed by atoms with van der Waals surface area (Å²) < 4.78 is 32.6. The van der Waals surface area contributed by atoms with Gasteiger partial charge in [0.1, 0.15) is 17.1 Å². The van der Waals surface area contributed by atoms with E-state index in [9.17, 15) is 14.0 Å². The molecule has 1 N–H and O–H groups in total. The second-order valence-corrected chi connectivity index (χ2v) is 12.8. The van der Waals surface area contributed by atoms with Gasteiger partial charge in [-0.3, -0.25) is 15.0 Å². The number of hydrogen-bond acceptors (Lipinski definition) is 5. The van der Waals surface area contributed by atoms with E-state index in [0.29, 0.717) is 61.3 Å². The first-order valence-corrected chi connectivity index (χ1v) is 15.4. The Morgan fingerprint density at radius 1 is 1.02 bits per heavy atom. The van der Waals surface area contributed by atoms with Gasteiger partial charge in [0, 0.05) is 81.2 Å². The van der Waals surface area contributed by atoms with E-state index in [1.807, 2.05) is 11.0 Å². The Hall–Kier alpha value is -3.24. The highest BCUT2D eigenvalue weighted by atomic mass is 35.5. The molecular weight excluding hydrogens is 562 g/mol. The van der Waals surface area contributed by atoms with Crippen LogP contribution in [0.5, 0.6) is 0 Å². The molecule has 1 aliphatic carbocycles. The lowest BCUT2D eigenvalue weighted by Gasteiger charge is -2.42. The fourth-order valence-corrected chi connectivity index (χ4v) is 7.06. The number of alkyl halides is 1. The first-order valence-electron chi connectivity index (χ1n) is 15.0. The summed E-state index contributed by atoms with van der Waals surface area (Å²) in [5, 5.41) is 3.95. The third-order valence-electron chi connectivity index (χ3n) is 9.43. The van der Waals surface area contributed by atoms with Crippen LogP contribution in [0.3, 0.4) is 0 Å². The molecule has 0 radical (unpaired) electrons. The first-order chi connectivity index (χ1) is 20.3. The molecule has 1 saturated carbocycles. The van der Waals surface area contributed by atoms with E-state index in [2.05, 4.69) is 21.0 Å². The summed E-state index contributed by atoms with van der Waals surface area (Å²) in [4.78, 5) is 34.6. The number of piperidine rings is 2. The molecule has 2 aromatic heterocycles. The second-order valence-electron chi connectivity index (χ2n) is 12.3. The van der Waals surface area contributed by atoms with Crippen LogP contribution in [-0.4, -0.2) is 71.3 Å². The Bertz CT molecular complexity index is 1530. The normalized spacial score (nSPS) is 22.2. The van der Waals surface area contributed by atoms with Gasteiger partial charge >= 0.3 is 6.03 Å². The number of nitrogens with one attached hydrogen (secondary N) is 1. The predicted molar refractivity (Wildman–Crippen MR) is 159 cm³/mol. The minimum absolute atomic E-state index is 0.251. The number of carbonyl (C=O) groups excluding carboxylic acids is 2. The van der Waals surface area contributed by atoms with Crippen LogP contribution in [-0.2, 0) is 4.79 Å². The van der Waals surface area contributed by atoms with E-state index >= 15 is 4.39 Å². The van der Waals surface area contributed by atoms with Crippen molar-refractivity contribution >= 4 is 45.9 Å². The Kier molecular flexibility index (Phi) is 7.09. The smallest absolute Gasteiger partial charge is 0.328 e. The van der Waals surface area contributed by atoms with Crippen molar-refractivity contribution in [3.63, 3.8) is 0 Å². The van der Waals surface area contributed by atoms with E-state index in [1.165, 1.54) is 17.7 Å². The summed E-state index contributed by atoms with van der Waals surface area (Å²) in [6.07, 6.45) is 9.10. The van der Waals surface area contributed by atoms with E-state index in [-0.39, 0.29) is 24.2 Å². The third kappa shape index (κ3) is 5.35. The molecule has 3 aromatic rings. The first kappa shape index (κ1) is 27.6. The number of amides is 3. The summed E-state index contributed by atoms with van der Waals surface area (Å²) in [5.74, 6) is -0.0618. The number of hydrogen-bond donors (Lipinski definition) is 1. The zero-order chi connectivity index (χ0) is 29.0. The third-order valence-corrected chi connectivity index (χ3v) is 9.67. The molecule has 3 amide bonds. The second kappa shape index (κ2) is 10.8. The number of nitrogens with zero attached hydrogens (tertiary/aromatic N) is 5. The van der Waals surface area contributed by atoms with E-state index in [0.717, 1.165) is 49.8 Å². The standard InChI is InChI=1S/C31H35ClF2N6O2/c32-21-3-4-26(33)27(15-21)38-13-8-31(34,9-14-38)19-37-10-5-22(6-11-37)40-18-25(20-1-2-20)24-16-23(17-35-29(24)40)39-12-7-28(41)36-30(39)42/h3-4,15-18,20,22H,1-2,5-14,19H2,(H,36,41,42). The number of fused-ring (bicyclic) bond motifs is 1. The van der Waals surface area contributed by atoms with E-state index in [1.54, 1.807) is 17.2 Å². The van der Waals surface area contributed by atoms with Crippen molar-refractivity contribution in [3.05, 3.63) is 53.1 Å². The average Bonchev–Trinajstić information content (AvgIpc) is 3.75. The molecular formula is C31H35ClF2N6O2. The molecule has 0 atom stereocenters. The van der Waals surface area contributed by atoms with Crippen molar-refractivity contribution in [2.75, 3.05) is 49.1 Å². The lowest BCUT2D eigenvalue weighted by atomic mass is 9.91. The van der Waals surface area contributed by atoms with Gasteiger partial charge in [-0.25, -0.2) is 18.6 Å². The molecule has 11 heteroatoms. The number of rotatable bonds is 6. The monoisotopic (exact) mass is 596 g/mol. The fraction of sp³-hybridized carbons (Fsp3) is 0.516. The summed E-state index contributed by atoms with van der Waals surface area (Å²) in [6, 6.07) is 6.43. The van der Waals surface area contributed by atoms with Gasteiger partial charge in [-0.1, -0.05) is 11.6 Å². The summed E-state index contributed by atoms with van der Waals surface area (Å²) in [6.45, 7) is 3.29. The molecule has 4 aliphatic rings. The topological polar surface area (TPSA) is 73.7 Å². The molecule has 42 heavy (non-hydrogen) atoms. The highest BCUT2D eigenvalue weighted by Crippen LogP contribution is 2.45. The van der Waals surface area contributed by atoms with Crippen molar-refractivity contribution in [2.24, 2.45) is 0 Å². The Morgan fingerprint density at radius 2 is 1.79 bits per heavy atom. The molecule has 3 saturated heterocycles. The van der Waals surface area contributed by atoms with Gasteiger partial charge in [-0.2, -0.15) is 0 Å². The number of likely N-dealkylation sites (tertiary alicyclic amines) is 1. The van der Waals surface area contributed by atoms with Crippen LogP contribution in [0.1, 0.15) is 62.5 Å². The number of pyridine rings is 1. The summed E-state index contributed by atoms with van der Waals surface area (Å²) in [7, 11) is 0. The Morgan fingerprint density at radius 3 is 2.50 bits per heavy atom. The summed E-state index contributed by atoms with van der Waals surface area (Å²) >= 11 is 6.07. The molecule has 0 spiro atoms. The van der Waals surface area contributed by atoms with Crippen LogP contribution >= 0.6 is 11.6 Å². The van der Waals surface area contributed by atoms with Crippen molar-refractivity contribution in [1.82, 2.24) is 19.8 Å². The average molecular weight is 597 g/mol. The van der Waals surface area contributed by atoms with E-state index < -0.39 is 11.7 Å². The maximum atomic E-state index is 15.9. The van der Waals surface area contributed by atoms with Gasteiger partial charge in [0.15, 0.2) is 0 Å². The van der Waals surface area contributed by atoms with Crippen molar-refractivity contribution in [3.8, 4) is 0 Å². The number of aromatic nitrogens is 2. The maximum absolute atomic E-state index is 15.9. The number of anilines is 2. The predicted octanol–water partition coefficient (Wildman–Crippen LogP) is 5.80. The lowest BCUT2D eigenvalue weighted by Crippen LogP contribution is -2.50. The number of halogens is 3. The molecule has 0 unspecified atom stereocenters. The van der Waals surface area contributed by atoms with Crippen molar-refractivity contribution in [1.29, 1.82) is 0 Å². The molecule has 1 aromatic carbocycles. The zero-order valence-corrected chi connectivity index (χ0v) is 24.3. The molecule has 4 fully saturated rings. The van der Waals surface area contributed by atoms with Crippen LogP contribution in [0, 0.1) is 5.82 Å². The van der Waals surface area contributed by atoms with Crippen molar-refractivity contribution < 1.29 is 18.4 Å². The number of urea groups is 1. The number of benzene rings is 1. The fourth-order valence-electron chi connectivity index (χ4n) is 6.89. The molecule has 3 aliphatic heterocycles. The zero-order valence-electron chi connectivity index (χ0n) is 23.5. The number of carbonyl (C=O) groups is 2. The molecule has 5 heterocycles. The van der Waals surface area contributed by atoms with Crippen LogP contribution in [0.25, 0.3) is 11.0 Å². The molecule has 222 valence electrons. The van der Waals surface area contributed by atoms with Gasteiger partial charge in [0.25, 0.3) is 0 Å². The molecule has 0 bridgehead atoms. The minimum atomic E-state index is -1.29.